The monoisotopic (exact) mass is 289 g/mol. The molecule has 3 rings (SSSR count). The fourth-order valence-electron chi connectivity index (χ4n) is 3.34. The predicted octanol–water partition coefficient (Wildman–Crippen LogP) is 1.90. The van der Waals surface area contributed by atoms with E-state index in [1.165, 1.54) is 0 Å². The number of fused-ring (bicyclic) bond motifs is 1. The number of carbonyl (C=O) groups excluding carboxylic acids is 1. The minimum absolute atomic E-state index is 0.114. The van der Waals surface area contributed by atoms with Crippen molar-refractivity contribution < 1.29 is 9.90 Å². The molecule has 3 N–H and O–H groups in total. The number of para-hydroxylation sites is 1. The number of hydrogen-bond acceptors (Lipinski definition) is 4. The number of rotatable bonds is 4. The zero-order valence-electron chi connectivity index (χ0n) is 12.3. The van der Waals surface area contributed by atoms with Gasteiger partial charge in [-0.3, -0.25) is 4.79 Å². The molecule has 2 heterocycles. The minimum Gasteiger partial charge on any atom is -0.396 e. The van der Waals surface area contributed by atoms with Crippen molar-refractivity contribution in [1.29, 1.82) is 0 Å². The molecule has 0 bridgehead atoms. The average molecular weight is 289 g/mol. The highest BCUT2D eigenvalue weighted by atomic mass is 16.3. The van der Waals surface area contributed by atoms with Crippen molar-refractivity contribution in [3.05, 3.63) is 23.8 Å². The van der Waals surface area contributed by atoms with E-state index in [1.54, 1.807) is 0 Å². The first-order valence-electron chi connectivity index (χ1n) is 7.84. The molecular formula is C16H23N3O2. The summed E-state index contributed by atoms with van der Waals surface area (Å²) in [4.78, 5) is 14.9. The van der Waals surface area contributed by atoms with Gasteiger partial charge in [0.2, 0.25) is 0 Å². The molecule has 1 amide bonds. The van der Waals surface area contributed by atoms with Crippen molar-refractivity contribution in [2.75, 3.05) is 36.9 Å². The van der Waals surface area contributed by atoms with Crippen LogP contribution >= 0.6 is 0 Å². The van der Waals surface area contributed by atoms with Gasteiger partial charge in [-0.2, -0.15) is 0 Å². The summed E-state index contributed by atoms with van der Waals surface area (Å²) in [6, 6.07) is 6.12. The predicted molar refractivity (Wildman–Crippen MR) is 83.8 cm³/mol. The van der Waals surface area contributed by atoms with Crippen LogP contribution in [0.1, 0.15) is 36.0 Å². The van der Waals surface area contributed by atoms with Gasteiger partial charge < -0.3 is 20.6 Å². The van der Waals surface area contributed by atoms with Crippen molar-refractivity contribution in [2.45, 2.75) is 31.7 Å². The second kappa shape index (κ2) is 6.35. The van der Waals surface area contributed by atoms with E-state index >= 15 is 0 Å². The number of carbonyl (C=O) groups is 1. The molecule has 1 aromatic rings. The Morgan fingerprint density at radius 2 is 2.19 bits per heavy atom. The maximum Gasteiger partial charge on any atom is 0.256 e. The van der Waals surface area contributed by atoms with E-state index < -0.39 is 0 Å². The van der Waals surface area contributed by atoms with Crippen LogP contribution in [0.5, 0.6) is 0 Å². The van der Waals surface area contributed by atoms with Crippen LogP contribution in [0.15, 0.2) is 18.2 Å². The Morgan fingerprint density at radius 1 is 1.33 bits per heavy atom. The summed E-state index contributed by atoms with van der Waals surface area (Å²) < 4.78 is 0. The van der Waals surface area contributed by atoms with Crippen LogP contribution in [0.25, 0.3) is 0 Å². The summed E-state index contributed by atoms with van der Waals surface area (Å²) in [5.74, 6) is 0.114. The average Bonchev–Trinajstić information content (AvgIpc) is 3.00. The van der Waals surface area contributed by atoms with Gasteiger partial charge in [0.25, 0.3) is 5.91 Å². The lowest BCUT2D eigenvalue weighted by atomic mass is 10.1. The maximum absolute atomic E-state index is 12.9. The van der Waals surface area contributed by atoms with Gasteiger partial charge in [-0.25, -0.2) is 0 Å². The van der Waals surface area contributed by atoms with Crippen LogP contribution in [0, 0.1) is 0 Å². The van der Waals surface area contributed by atoms with Crippen molar-refractivity contribution in [1.82, 2.24) is 4.90 Å². The highest BCUT2D eigenvalue weighted by Gasteiger charge is 2.30. The molecule has 0 aromatic heterocycles. The number of anilines is 2. The number of amides is 1. The number of nitrogens with zero attached hydrogens (tertiary/aromatic N) is 1. The van der Waals surface area contributed by atoms with Crippen LogP contribution in [0.4, 0.5) is 11.4 Å². The zero-order valence-corrected chi connectivity index (χ0v) is 12.3. The summed E-state index contributed by atoms with van der Waals surface area (Å²) in [6.45, 7) is 2.75. The first kappa shape index (κ1) is 14.2. The molecule has 2 aliphatic heterocycles. The molecular weight excluding hydrogens is 266 g/mol. The second-order valence-corrected chi connectivity index (χ2v) is 5.74. The standard InChI is InChI=1S/C16H23N3O2/c20-11-3-5-12-4-2-10-19(12)16(21)13-6-1-7-14-15(13)18-9-8-17-14/h1,6-7,12,17-18,20H,2-5,8-11H2. The third kappa shape index (κ3) is 2.83. The van der Waals surface area contributed by atoms with Crippen LogP contribution in [-0.2, 0) is 0 Å². The lowest BCUT2D eigenvalue weighted by Gasteiger charge is -2.28. The Labute approximate surface area is 125 Å². The molecule has 0 saturated carbocycles. The van der Waals surface area contributed by atoms with E-state index in [2.05, 4.69) is 10.6 Å². The summed E-state index contributed by atoms with van der Waals surface area (Å²) >= 11 is 0. The zero-order chi connectivity index (χ0) is 14.7. The molecule has 114 valence electrons. The lowest BCUT2D eigenvalue weighted by Crippen LogP contribution is -2.36. The number of aliphatic hydroxyl groups excluding tert-OH is 1. The lowest BCUT2D eigenvalue weighted by molar-refractivity contribution is 0.0725. The van der Waals surface area contributed by atoms with E-state index in [1.807, 2.05) is 23.1 Å². The highest BCUT2D eigenvalue weighted by molar-refractivity contribution is 6.03. The van der Waals surface area contributed by atoms with Gasteiger partial charge in [-0.15, -0.1) is 0 Å². The van der Waals surface area contributed by atoms with Crippen molar-refractivity contribution in [3.63, 3.8) is 0 Å². The molecule has 1 saturated heterocycles. The first-order chi connectivity index (χ1) is 10.3. The van der Waals surface area contributed by atoms with Crippen LogP contribution in [0.2, 0.25) is 0 Å². The van der Waals surface area contributed by atoms with E-state index in [0.717, 1.165) is 62.3 Å². The largest absolute Gasteiger partial charge is 0.396 e. The molecule has 5 heteroatoms. The molecule has 0 aliphatic carbocycles. The molecule has 2 aliphatic rings. The Bertz CT molecular complexity index is 518. The van der Waals surface area contributed by atoms with E-state index in [9.17, 15) is 4.79 Å². The number of hydrogen-bond donors (Lipinski definition) is 3. The van der Waals surface area contributed by atoms with Gasteiger partial charge in [-0.05, 0) is 37.8 Å². The van der Waals surface area contributed by atoms with Crippen molar-refractivity contribution in [3.8, 4) is 0 Å². The quantitative estimate of drug-likeness (QED) is 0.792. The van der Waals surface area contributed by atoms with E-state index in [0.29, 0.717) is 0 Å². The fraction of sp³-hybridized carbons (Fsp3) is 0.562. The third-order valence-electron chi connectivity index (χ3n) is 4.37. The number of nitrogens with one attached hydrogen (secondary N) is 2. The van der Waals surface area contributed by atoms with Crippen LogP contribution in [-0.4, -0.2) is 48.2 Å². The number of likely N-dealkylation sites (tertiary alicyclic amines) is 1. The molecule has 5 nitrogen and oxygen atoms in total. The van der Waals surface area contributed by atoms with Gasteiger partial charge in [0.05, 0.1) is 16.9 Å². The number of benzene rings is 1. The molecule has 1 atom stereocenters. The molecule has 1 fully saturated rings. The molecule has 21 heavy (non-hydrogen) atoms. The van der Waals surface area contributed by atoms with Crippen LogP contribution < -0.4 is 10.6 Å². The summed E-state index contributed by atoms with van der Waals surface area (Å²) in [5.41, 5.74) is 2.70. The summed E-state index contributed by atoms with van der Waals surface area (Å²) in [7, 11) is 0. The molecule has 1 unspecified atom stereocenters. The maximum atomic E-state index is 12.9. The topological polar surface area (TPSA) is 64.6 Å². The van der Waals surface area contributed by atoms with E-state index in [-0.39, 0.29) is 18.6 Å². The van der Waals surface area contributed by atoms with Crippen molar-refractivity contribution >= 4 is 17.3 Å². The molecule has 0 spiro atoms. The Hall–Kier alpha value is -1.75. The SMILES string of the molecule is O=C(c1cccc2c1NCCN2)N1CCCC1CCCO. The second-order valence-electron chi connectivity index (χ2n) is 5.74. The van der Waals surface area contributed by atoms with E-state index in [4.69, 9.17) is 5.11 Å². The first-order valence-corrected chi connectivity index (χ1v) is 7.84. The highest BCUT2D eigenvalue weighted by Crippen LogP contribution is 2.31. The summed E-state index contributed by atoms with van der Waals surface area (Å²) in [5, 5.41) is 15.7. The van der Waals surface area contributed by atoms with Gasteiger partial charge >= 0.3 is 0 Å². The fourth-order valence-corrected chi connectivity index (χ4v) is 3.34. The van der Waals surface area contributed by atoms with Gasteiger partial charge in [-0.1, -0.05) is 6.07 Å². The third-order valence-corrected chi connectivity index (χ3v) is 4.37. The van der Waals surface area contributed by atoms with Gasteiger partial charge in [0.1, 0.15) is 0 Å². The molecule has 0 radical (unpaired) electrons. The number of aliphatic hydroxyl groups is 1. The smallest absolute Gasteiger partial charge is 0.256 e. The van der Waals surface area contributed by atoms with Gasteiger partial charge in [0.15, 0.2) is 0 Å². The minimum atomic E-state index is 0.114. The Kier molecular flexibility index (Phi) is 4.29. The molecule has 1 aromatic carbocycles. The van der Waals surface area contributed by atoms with Crippen LogP contribution in [0.3, 0.4) is 0 Å². The Morgan fingerprint density at radius 3 is 3.05 bits per heavy atom. The van der Waals surface area contributed by atoms with Gasteiger partial charge in [0, 0.05) is 32.3 Å². The Balaban J connectivity index is 1.81. The normalized spacial score (nSPS) is 20.6. The van der Waals surface area contributed by atoms with Crippen molar-refractivity contribution in [2.24, 2.45) is 0 Å². The summed E-state index contributed by atoms with van der Waals surface area (Å²) in [6.07, 6.45) is 3.76.